The first kappa shape index (κ1) is 26.0. The molecule has 2 heterocycles. The minimum Gasteiger partial charge on any atom is -0.344 e. The van der Waals surface area contributed by atoms with Crippen molar-refractivity contribution < 1.29 is 9.59 Å². The first-order chi connectivity index (χ1) is 19.3. The van der Waals surface area contributed by atoms with Gasteiger partial charge in [0.2, 0.25) is 11.6 Å². The highest BCUT2D eigenvalue weighted by atomic mass is 32.1. The molecule has 1 aliphatic carbocycles. The molecular weight excluding hydrogens is 516 g/mol. The van der Waals surface area contributed by atoms with Crippen LogP contribution in [-0.2, 0) is 12.0 Å². The summed E-state index contributed by atoms with van der Waals surface area (Å²) >= 11 is 1.22. The third kappa shape index (κ3) is 3.86. The van der Waals surface area contributed by atoms with E-state index in [-0.39, 0.29) is 28.1 Å². The number of rotatable bonds is 4. The maximum absolute atomic E-state index is 13.5. The third-order valence-corrected chi connectivity index (χ3v) is 9.16. The van der Waals surface area contributed by atoms with Crippen molar-refractivity contribution in [3.05, 3.63) is 121 Å². The minimum atomic E-state index is -0.312. The lowest BCUT2D eigenvalue weighted by Gasteiger charge is -2.25. The largest absolute Gasteiger partial charge is 0.344 e. The van der Waals surface area contributed by atoms with E-state index in [0.717, 1.165) is 12.2 Å². The number of anilines is 1. The average Bonchev–Trinajstić information content (AvgIpc) is 3.50. The third-order valence-electron chi connectivity index (χ3n) is 8.02. The summed E-state index contributed by atoms with van der Waals surface area (Å²) in [6.07, 6.45) is 3.88. The molecule has 0 spiro atoms. The summed E-state index contributed by atoms with van der Waals surface area (Å²) in [6, 6.07) is 23.8. The zero-order valence-electron chi connectivity index (χ0n) is 23.0. The second-order valence-corrected chi connectivity index (χ2v) is 11.6. The van der Waals surface area contributed by atoms with E-state index < -0.39 is 0 Å². The van der Waals surface area contributed by atoms with Crippen LogP contribution in [0.5, 0.6) is 0 Å². The van der Waals surface area contributed by atoms with Gasteiger partial charge in [0.25, 0.3) is 5.56 Å². The number of carbonyl (C=O) groups excluding carboxylic acids is 2. The molecule has 6 heteroatoms. The maximum atomic E-state index is 13.5. The summed E-state index contributed by atoms with van der Waals surface area (Å²) in [7, 11) is 0. The molecule has 2 aliphatic rings. The predicted octanol–water partition coefficient (Wildman–Crippen LogP) is 5.31. The fraction of sp³-hybridized carbons (Fsp3) is 0.206. The number of hydrogen-bond acceptors (Lipinski definition) is 5. The van der Waals surface area contributed by atoms with Crippen molar-refractivity contribution >= 4 is 40.2 Å². The Kier molecular flexibility index (Phi) is 6.31. The van der Waals surface area contributed by atoms with Crippen LogP contribution in [0.3, 0.4) is 0 Å². The summed E-state index contributed by atoms with van der Waals surface area (Å²) < 4.78 is 2.47. The van der Waals surface area contributed by atoms with Gasteiger partial charge in [-0.25, -0.2) is 0 Å². The van der Waals surface area contributed by atoms with E-state index in [1.165, 1.54) is 33.7 Å². The Labute approximate surface area is 237 Å². The zero-order chi connectivity index (χ0) is 28.2. The summed E-state index contributed by atoms with van der Waals surface area (Å²) in [5.41, 5.74) is 6.27. The van der Waals surface area contributed by atoms with Crippen molar-refractivity contribution in [3.63, 3.8) is 0 Å². The number of allylic oxidation sites excluding steroid dienone is 2. The molecule has 0 saturated carbocycles. The highest BCUT2D eigenvalue weighted by molar-refractivity contribution is 7.08. The van der Waals surface area contributed by atoms with E-state index in [2.05, 4.69) is 56.0 Å². The monoisotopic (exact) mass is 546 g/mol. The van der Waals surface area contributed by atoms with E-state index >= 15 is 0 Å². The lowest BCUT2D eigenvalue weighted by atomic mass is 9.82. The van der Waals surface area contributed by atoms with Gasteiger partial charge in [0.15, 0.2) is 0 Å². The van der Waals surface area contributed by atoms with E-state index in [0.29, 0.717) is 26.9 Å². The fourth-order valence-corrected chi connectivity index (χ4v) is 7.08. The van der Waals surface area contributed by atoms with Crippen LogP contribution >= 0.6 is 11.3 Å². The van der Waals surface area contributed by atoms with Crippen molar-refractivity contribution in [3.8, 4) is 11.1 Å². The van der Waals surface area contributed by atoms with Gasteiger partial charge in [-0.2, -0.15) is 0 Å². The number of aromatic nitrogens is 1. The molecule has 6 rings (SSSR count). The quantitative estimate of drug-likeness (QED) is 0.348. The highest BCUT2D eigenvalue weighted by Gasteiger charge is 2.39. The Morgan fingerprint density at radius 1 is 0.775 bits per heavy atom. The minimum absolute atomic E-state index is 0.0923. The van der Waals surface area contributed by atoms with E-state index in [1.807, 2.05) is 37.3 Å². The first-order valence-electron chi connectivity index (χ1n) is 13.6. The number of likely N-dealkylation sites (N-methyl/N-ethyl adjacent to an activating group) is 1. The van der Waals surface area contributed by atoms with E-state index in [4.69, 9.17) is 0 Å². The second kappa shape index (κ2) is 9.72. The molecule has 0 radical (unpaired) electrons. The normalized spacial score (nSPS) is 17.2. The number of carbonyl (C=O) groups is 2. The molecule has 0 amide bonds. The van der Waals surface area contributed by atoms with Gasteiger partial charge in [0.05, 0.1) is 4.53 Å². The van der Waals surface area contributed by atoms with Gasteiger partial charge in [-0.05, 0) is 54.8 Å². The van der Waals surface area contributed by atoms with E-state index in [9.17, 15) is 14.4 Å². The first-order valence-corrected chi connectivity index (χ1v) is 14.4. The molecule has 1 aromatic heterocycles. The molecular formula is C34H30N2O3S. The van der Waals surface area contributed by atoms with Crippen LogP contribution in [0.2, 0.25) is 0 Å². The van der Waals surface area contributed by atoms with Crippen LogP contribution < -0.4 is 19.7 Å². The number of thiazole rings is 1. The Bertz CT molecular complexity index is 1870. The molecule has 0 N–H and O–H groups in total. The van der Waals surface area contributed by atoms with Crippen molar-refractivity contribution in [2.45, 2.75) is 39.7 Å². The summed E-state index contributed by atoms with van der Waals surface area (Å²) in [5.74, 6) is -0.625. The number of fused-ring (bicyclic) bond motifs is 2. The number of benzene rings is 3. The van der Waals surface area contributed by atoms with Gasteiger partial charge in [-0.15, -0.1) is 11.3 Å². The number of ketones is 2. The molecule has 1 aliphatic heterocycles. The van der Waals surface area contributed by atoms with Crippen molar-refractivity contribution in [1.82, 2.24) is 4.57 Å². The van der Waals surface area contributed by atoms with Crippen LogP contribution in [-0.4, -0.2) is 22.7 Å². The van der Waals surface area contributed by atoms with Crippen LogP contribution in [0.15, 0.2) is 89.4 Å². The molecule has 4 aromatic rings. The van der Waals surface area contributed by atoms with Gasteiger partial charge in [-0.3, -0.25) is 19.0 Å². The molecule has 0 saturated heterocycles. The average molecular weight is 547 g/mol. The second-order valence-electron chi connectivity index (χ2n) is 10.6. The Morgan fingerprint density at radius 2 is 1.43 bits per heavy atom. The van der Waals surface area contributed by atoms with Crippen molar-refractivity contribution in [2.24, 2.45) is 0 Å². The molecule has 0 atom stereocenters. The molecule has 0 bridgehead atoms. The summed E-state index contributed by atoms with van der Waals surface area (Å²) in [4.78, 5) is 42.1. The lowest BCUT2D eigenvalue weighted by Crippen LogP contribution is -2.32. The van der Waals surface area contributed by atoms with Crippen molar-refractivity contribution in [2.75, 3.05) is 11.4 Å². The molecule has 5 nitrogen and oxygen atoms in total. The topological polar surface area (TPSA) is 59.4 Å². The van der Waals surface area contributed by atoms with Crippen LogP contribution in [0.4, 0.5) is 5.69 Å². The maximum Gasteiger partial charge on any atom is 0.269 e. The Morgan fingerprint density at radius 3 is 2.05 bits per heavy atom. The Balaban J connectivity index is 1.49. The number of nitrogens with zero attached hydrogens (tertiary/aromatic N) is 2. The van der Waals surface area contributed by atoms with Crippen molar-refractivity contribution in [1.29, 1.82) is 0 Å². The van der Waals surface area contributed by atoms with Crippen LogP contribution in [0, 0.1) is 0 Å². The van der Waals surface area contributed by atoms with Gasteiger partial charge in [0, 0.05) is 41.0 Å². The number of Topliss-reactive ketones (excluding diaryl/α,β-unsaturated/α-hetero) is 2. The fourth-order valence-electron chi connectivity index (χ4n) is 5.93. The van der Waals surface area contributed by atoms with Gasteiger partial charge < -0.3 is 4.90 Å². The smallest absolute Gasteiger partial charge is 0.269 e. The number of hydrogen-bond donors (Lipinski definition) is 0. The SMILES string of the molecule is CCN1/C(=C/C=c2sc(=C3C(=O)c4ccccc4C3=O)n(CC)c2=O)C(C)(C)c2cc(-c3ccccc3)ccc21. The van der Waals surface area contributed by atoms with Crippen LogP contribution in [0.25, 0.3) is 22.8 Å². The van der Waals surface area contributed by atoms with Gasteiger partial charge in [0.1, 0.15) is 10.2 Å². The van der Waals surface area contributed by atoms with Gasteiger partial charge in [-0.1, -0.05) is 74.5 Å². The standard InChI is InChI=1S/C34H30N2O3S/c1-5-35-26-17-16-22(21-12-8-7-9-13-21)20-25(26)34(3,4)28(35)19-18-27-32(39)36(6-2)33(40-27)29-30(37)23-14-10-11-15-24(23)31(29)38/h7-20H,5-6H2,1-4H3/b27-18?,28-19+. The van der Waals surface area contributed by atoms with E-state index in [1.54, 1.807) is 28.8 Å². The lowest BCUT2D eigenvalue weighted by molar-refractivity contribution is 0.102. The Hall–Kier alpha value is -4.29. The molecule has 0 fully saturated rings. The molecule has 0 unspecified atom stereocenters. The van der Waals surface area contributed by atoms with Gasteiger partial charge >= 0.3 is 0 Å². The zero-order valence-corrected chi connectivity index (χ0v) is 23.8. The molecule has 3 aromatic carbocycles. The van der Waals surface area contributed by atoms with Crippen LogP contribution in [0.1, 0.15) is 54.0 Å². The predicted molar refractivity (Wildman–Crippen MR) is 162 cm³/mol. The highest BCUT2D eigenvalue weighted by Crippen LogP contribution is 2.48. The summed E-state index contributed by atoms with van der Waals surface area (Å²) in [5, 5.41) is 0. The molecule has 40 heavy (non-hydrogen) atoms. The summed E-state index contributed by atoms with van der Waals surface area (Å²) in [6.45, 7) is 9.57. The molecule has 200 valence electrons.